The molecule has 0 amide bonds. The summed E-state index contributed by atoms with van der Waals surface area (Å²) in [5.74, 6) is 0. The summed E-state index contributed by atoms with van der Waals surface area (Å²) in [6.45, 7) is 0. The van der Waals surface area contributed by atoms with E-state index in [2.05, 4.69) is 16.3 Å². The molecule has 3 nitrogen and oxygen atoms in total. The number of hydrogen-bond acceptors (Lipinski definition) is 2. The third kappa shape index (κ3) is 0.752. The zero-order valence-corrected chi connectivity index (χ0v) is 5.71. The molecule has 0 aliphatic heterocycles. The first-order chi connectivity index (χ1) is 4.86. The summed E-state index contributed by atoms with van der Waals surface area (Å²) >= 11 is 5.50. The second-order valence-corrected chi connectivity index (χ2v) is 2.17. The van der Waals surface area contributed by atoms with Crippen molar-refractivity contribution in [2.24, 2.45) is 0 Å². The van der Waals surface area contributed by atoms with Crippen molar-refractivity contribution in [2.45, 2.75) is 0 Å². The summed E-state index contributed by atoms with van der Waals surface area (Å²) < 4.78 is 1.62. The van der Waals surface area contributed by atoms with Crippen LogP contribution >= 0.6 is 11.6 Å². The predicted molar refractivity (Wildman–Crippen MR) is 36.8 cm³/mol. The van der Waals surface area contributed by atoms with Crippen molar-refractivity contribution in [2.75, 3.05) is 0 Å². The highest BCUT2D eigenvalue weighted by atomic mass is 35.5. The van der Waals surface area contributed by atoms with Crippen molar-refractivity contribution in [1.29, 1.82) is 0 Å². The highest BCUT2D eigenvalue weighted by Gasteiger charge is 1.93. The second-order valence-electron chi connectivity index (χ2n) is 1.83. The fourth-order valence-corrected chi connectivity index (χ4v) is 0.886. The maximum absolute atomic E-state index is 5.50. The lowest BCUT2D eigenvalue weighted by Crippen LogP contribution is -1.91. The third-order valence-electron chi connectivity index (χ3n) is 1.18. The van der Waals surface area contributed by atoms with E-state index in [1.54, 1.807) is 10.7 Å². The molecule has 0 fully saturated rings. The Morgan fingerprint density at radius 3 is 3.40 bits per heavy atom. The van der Waals surface area contributed by atoms with Crippen LogP contribution in [0.1, 0.15) is 0 Å². The van der Waals surface area contributed by atoms with Gasteiger partial charge in [0.25, 0.3) is 0 Å². The third-order valence-corrected chi connectivity index (χ3v) is 1.34. The van der Waals surface area contributed by atoms with Crippen molar-refractivity contribution in [3.63, 3.8) is 0 Å². The maximum Gasteiger partial charge on any atom is 0.241 e. The van der Waals surface area contributed by atoms with Gasteiger partial charge in [-0.05, 0) is 23.7 Å². The van der Waals surface area contributed by atoms with Gasteiger partial charge in [-0.15, -0.1) is 5.10 Å². The molecule has 49 valence electrons. The topological polar surface area (TPSA) is 30.2 Å². The SMILES string of the molecule is Clc1n[c]c2cccn2n1. The second kappa shape index (κ2) is 1.95. The fraction of sp³-hybridized carbons (Fsp3) is 0. The van der Waals surface area contributed by atoms with Crippen LogP contribution in [-0.4, -0.2) is 14.6 Å². The number of rotatable bonds is 0. The van der Waals surface area contributed by atoms with Crippen molar-refractivity contribution < 1.29 is 0 Å². The molecule has 0 saturated carbocycles. The molecule has 0 aliphatic rings. The zero-order chi connectivity index (χ0) is 6.97. The van der Waals surface area contributed by atoms with Crippen LogP contribution in [0.2, 0.25) is 5.28 Å². The summed E-state index contributed by atoms with van der Waals surface area (Å²) in [5.41, 5.74) is 0.824. The van der Waals surface area contributed by atoms with Crippen LogP contribution in [0.5, 0.6) is 0 Å². The summed E-state index contributed by atoms with van der Waals surface area (Å²) in [4.78, 5) is 3.69. The van der Waals surface area contributed by atoms with Crippen LogP contribution in [0.3, 0.4) is 0 Å². The molecule has 0 aliphatic carbocycles. The largest absolute Gasteiger partial charge is 0.241 e. The standard InChI is InChI=1S/C6H3ClN3/c7-6-8-4-5-2-1-3-10(5)9-6/h1-3H. The van der Waals surface area contributed by atoms with Gasteiger partial charge < -0.3 is 0 Å². The Balaban J connectivity index is 2.86. The Morgan fingerprint density at radius 1 is 1.60 bits per heavy atom. The molecular weight excluding hydrogens is 150 g/mol. The van der Waals surface area contributed by atoms with E-state index in [0.29, 0.717) is 0 Å². The van der Waals surface area contributed by atoms with Crippen molar-refractivity contribution in [3.8, 4) is 0 Å². The summed E-state index contributed by atoms with van der Waals surface area (Å²) in [6.07, 6.45) is 4.51. The Hall–Kier alpha value is -1.09. The van der Waals surface area contributed by atoms with Gasteiger partial charge in [0.05, 0.1) is 5.52 Å². The monoisotopic (exact) mass is 152 g/mol. The van der Waals surface area contributed by atoms with Gasteiger partial charge in [-0.3, -0.25) is 0 Å². The molecule has 0 spiro atoms. The van der Waals surface area contributed by atoms with E-state index in [0.717, 1.165) is 5.52 Å². The first-order valence-electron chi connectivity index (χ1n) is 2.75. The van der Waals surface area contributed by atoms with Gasteiger partial charge in [0.15, 0.2) is 0 Å². The molecule has 4 heteroatoms. The Morgan fingerprint density at radius 2 is 2.50 bits per heavy atom. The molecule has 0 aromatic carbocycles. The zero-order valence-electron chi connectivity index (χ0n) is 4.95. The summed E-state index contributed by atoms with van der Waals surface area (Å²) in [6, 6.07) is 3.72. The first-order valence-corrected chi connectivity index (χ1v) is 3.12. The molecule has 2 aromatic heterocycles. The molecule has 2 aromatic rings. The Kier molecular flexibility index (Phi) is 1.11. The van der Waals surface area contributed by atoms with Crippen LogP contribution in [-0.2, 0) is 0 Å². The lowest BCUT2D eigenvalue weighted by molar-refractivity contribution is 0.901. The molecule has 2 rings (SSSR count). The van der Waals surface area contributed by atoms with Gasteiger partial charge in [0.2, 0.25) is 5.28 Å². The molecular formula is C6H3ClN3. The number of nitrogens with zero attached hydrogens (tertiary/aromatic N) is 3. The minimum absolute atomic E-state index is 0.212. The average molecular weight is 153 g/mol. The van der Waals surface area contributed by atoms with Gasteiger partial charge in [-0.2, -0.15) is 0 Å². The molecule has 0 atom stereocenters. The molecule has 2 heterocycles. The number of hydrogen-bond donors (Lipinski definition) is 0. The van der Waals surface area contributed by atoms with Gasteiger partial charge in [-0.25, -0.2) is 9.50 Å². The molecule has 0 saturated heterocycles. The van der Waals surface area contributed by atoms with E-state index in [-0.39, 0.29) is 5.28 Å². The molecule has 10 heavy (non-hydrogen) atoms. The van der Waals surface area contributed by atoms with Crippen molar-refractivity contribution in [3.05, 3.63) is 29.8 Å². The van der Waals surface area contributed by atoms with Gasteiger partial charge in [-0.1, -0.05) is 0 Å². The average Bonchev–Trinajstić information content (AvgIpc) is 2.33. The van der Waals surface area contributed by atoms with E-state index in [4.69, 9.17) is 11.6 Å². The summed E-state index contributed by atoms with van der Waals surface area (Å²) in [7, 11) is 0. The van der Waals surface area contributed by atoms with Crippen LogP contribution < -0.4 is 0 Å². The van der Waals surface area contributed by atoms with Crippen LogP contribution in [0, 0.1) is 6.20 Å². The quantitative estimate of drug-likeness (QED) is 0.568. The van der Waals surface area contributed by atoms with E-state index in [1.807, 2.05) is 12.1 Å². The van der Waals surface area contributed by atoms with Crippen LogP contribution in [0.25, 0.3) is 5.52 Å². The minimum atomic E-state index is 0.212. The molecule has 1 radical (unpaired) electrons. The van der Waals surface area contributed by atoms with Gasteiger partial charge in [0.1, 0.15) is 6.20 Å². The van der Waals surface area contributed by atoms with Crippen molar-refractivity contribution >= 4 is 17.1 Å². The van der Waals surface area contributed by atoms with Gasteiger partial charge in [0, 0.05) is 6.20 Å². The molecule has 0 unspecified atom stereocenters. The summed E-state index contributed by atoms with van der Waals surface area (Å²) in [5, 5.41) is 4.09. The van der Waals surface area contributed by atoms with E-state index >= 15 is 0 Å². The highest BCUT2D eigenvalue weighted by molar-refractivity contribution is 6.28. The van der Waals surface area contributed by atoms with Gasteiger partial charge >= 0.3 is 0 Å². The van der Waals surface area contributed by atoms with Crippen LogP contribution in [0.4, 0.5) is 0 Å². The lowest BCUT2D eigenvalue weighted by Gasteiger charge is -1.89. The van der Waals surface area contributed by atoms with Crippen molar-refractivity contribution in [1.82, 2.24) is 14.6 Å². The highest BCUT2D eigenvalue weighted by Crippen LogP contribution is 2.02. The Bertz CT molecular complexity index is 355. The minimum Gasteiger partial charge on any atom is -0.236 e. The molecule has 0 N–H and O–H groups in total. The first kappa shape index (κ1) is 5.68. The number of halogens is 1. The van der Waals surface area contributed by atoms with E-state index in [1.165, 1.54) is 0 Å². The maximum atomic E-state index is 5.50. The lowest BCUT2D eigenvalue weighted by atomic mass is 10.5. The number of fused-ring (bicyclic) bond motifs is 1. The van der Waals surface area contributed by atoms with Crippen LogP contribution in [0.15, 0.2) is 18.3 Å². The van der Waals surface area contributed by atoms with E-state index in [9.17, 15) is 0 Å². The fourth-order valence-electron chi connectivity index (χ4n) is 0.763. The normalized spacial score (nSPS) is 10.5. The molecule has 0 bridgehead atoms. The van der Waals surface area contributed by atoms with E-state index < -0.39 is 0 Å². The predicted octanol–water partition coefficient (Wildman–Crippen LogP) is 1.18. The Labute approximate surface area is 62.3 Å². The smallest absolute Gasteiger partial charge is 0.236 e. The number of aromatic nitrogens is 3.